The fraction of sp³-hybridized carbons (Fsp3) is 0.407. The summed E-state index contributed by atoms with van der Waals surface area (Å²) in [5.74, 6) is -0.0944. The first-order valence-corrected chi connectivity index (χ1v) is 11.7. The molecule has 0 unspecified atom stereocenters. The Morgan fingerprint density at radius 2 is 1.88 bits per heavy atom. The number of hydrogen-bond acceptors (Lipinski definition) is 4. The predicted molar refractivity (Wildman–Crippen MR) is 124 cm³/mol. The molecule has 6 heteroatoms. The molecule has 2 saturated heterocycles. The number of carbonyl (C=O) groups excluding carboxylic acids is 1. The molecule has 5 nitrogen and oxygen atoms in total. The van der Waals surface area contributed by atoms with Crippen LogP contribution in [-0.2, 0) is 26.1 Å². The lowest BCUT2D eigenvalue weighted by molar-refractivity contribution is -0.141. The molecule has 3 heterocycles. The highest BCUT2D eigenvalue weighted by molar-refractivity contribution is 5.88. The molecule has 2 fully saturated rings. The summed E-state index contributed by atoms with van der Waals surface area (Å²) in [6.07, 6.45) is 3.72. The van der Waals surface area contributed by atoms with Crippen molar-refractivity contribution < 1.29 is 18.7 Å². The molecule has 0 spiro atoms. The largest absolute Gasteiger partial charge is 0.381 e. The van der Waals surface area contributed by atoms with Crippen LogP contribution in [0.2, 0.25) is 0 Å². The summed E-state index contributed by atoms with van der Waals surface area (Å²) >= 11 is 0. The maximum absolute atomic E-state index is 14.1. The normalized spacial score (nSPS) is 21.0. The van der Waals surface area contributed by atoms with Gasteiger partial charge in [0.05, 0.1) is 24.1 Å². The van der Waals surface area contributed by atoms with Crippen molar-refractivity contribution in [3.8, 4) is 0 Å². The van der Waals surface area contributed by atoms with Crippen molar-refractivity contribution in [1.29, 1.82) is 0 Å². The summed E-state index contributed by atoms with van der Waals surface area (Å²) in [4.78, 5) is 20.6. The van der Waals surface area contributed by atoms with E-state index in [0.29, 0.717) is 52.4 Å². The fourth-order valence-electron chi connectivity index (χ4n) is 5.27. The van der Waals surface area contributed by atoms with E-state index in [1.165, 1.54) is 17.7 Å². The minimum Gasteiger partial charge on any atom is -0.381 e. The van der Waals surface area contributed by atoms with Crippen molar-refractivity contribution in [1.82, 2.24) is 9.88 Å². The molecule has 33 heavy (non-hydrogen) atoms. The van der Waals surface area contributed by atoms with Crippen LogP contribution >= 0.6 is 0 Å². The van der Waals surface area contributed by atoms with E-state index >= 15 is 0 Å². The van der Waals surface area contributed by atoms with E-state index in [2.05, 4.69) is 29.2 Å². The third-order valence-corrected chi connectivity index (χ3v) is 6.98. The van der Waals surface area contributed by atoms with Crippen molar-refractivity contribution in [3.63, 3.8) is 0 Å². The second-order valence-corrected chi connectivity index (χ2v) is 9.09. The first-order chi connectivity index (χ1) is 16.2. The second kappa shape index (κ2) is 9.57. The van der Waals surface area contributed by atoms with Gasteiger partial charge in [0.2, 0.25) is 5.91 Å². The molecule has 0 bridgehead atoms. The van der Waals surface area contributed by atoms with Crippen LogP contribution in [0, 0.1) is 11.7 Å². The molecular weight excluding hydrogens is 419 g/mol. The van der Waals surface area contributed by atoms with Crippen LogP contribution in [0.15, 0.2) is 60.8 Å². The Labute approximate surface area is 193 Å². The van der Waals surface area contributed by atoms with Gasteiger partial charge in [0.1, 0.15) is 5.82 Å². The van der Waals surface area contributed by atoms with Gasteiger partial charge in [-0.15, -0.1) is 0 Å². The first-order valence-electron chi connectivity index (χ1n) is 11.7. The number of para-hydroxylation sites is 1. The van der Waals surface area contributed by atoms with E-state index in [1.54, 1.807) is 6.07 Å². The standard InChI is InChI=1S/C27H29FN2O3/c28-24-8-2-7-23(17-24)27(9-13-32-14-10-27)26(31)30-12-15-33-19-20(18-30)16-22-5-1-4-21-6-3-11-29-25(21)22/h1-8,11,17,20H,9-10,12-16,18-19H2/t20-/m0/s1. The van der Waals surface area contributed by atoms with E-state index in [0.717, 1.165) is 22.9 Å². The van der Waals surface area contributed by atoms with Gasteiger partial charge in [-0.3, -0.25) is 9.78 Å². The lowest BCUT2D eigenvalue weighted by atomic mass is 9.72. The Hall–Kier alpha value is -2.83. The van der Waals surface area contributed by atoms with Crippen molar-refractivity contribution in [2.24, 2.45) is 5.92 Å². The lowest BCUT2D eigenvalue weighted by Crippen LogP contribution is -2.51. The SMILES string of the molecule is O=C(N1CCOC[C@@H](Cc2cccc3cccnc23)C1)C1(c2cccc(F)c2)CCOCC1. The zero-order valence-corrected chi connectivity index (χ0v) is 18.7. The number of halogens is 1. The predicted octanol–water partition coefficient (Wildman–Crippen LogP) is 4.14. The summed E-state index contributed by atoms with van der Waals surface area (Å²) in [7, 11) is 0. The Morgan fingerprint density at radius 1 is 1.06 bits per heavy atom. The summed E-state index contributed by atoms with van der Waals surface area (Å²) in [6, 6.07) is 16.8. The number of nitrogens with zero attached hydrogens (tertiary/aromatic N) is 2. The number of hydrogen-bond donors (Lipinski definition) is 0. The van der Waals surface area contributed by atoms with Gasteiger partial charge in [-0.05, 0) is 48.6 Å². The maximum Gasteiger partial charge on any atom is 0.233 e. The zero-order valence-electron chi connectivity index (χ0n) is 18.7. The Balaban J connectivity index is 1.41. The van der Waals surface area contributed by atoms with E-state index in [4.69, 9.17) is 9.47 Å². The average molecular weight is 449 g/mol. The molecule has 0 radical (unpaired) electrons. The van der Waals surface area contributed by atoms with Crippen LogP contribution in [0.4, 0.5) is 4.39 Å². The van der Waals surface area contributed by atoms with Gasteiger partial charge in [0, 0.05) is 43.8 Å². The molecule has 3 aromatic rings. The molecule has 5 rings (SSSR count). The van der Waals surface area contributed by atoms with Gasteiger partial charge in [0.15, 0.2) is 0 Å². The first kappa shape index (κ1) is 22.0. The number of amides is 1. The lowest BCUT2D eigenvalue weighted by Gasteiger charge is -2.40. The monoisotopic (exact) mass is 448 g/mol. The minimum atomic E-state index is -0.754. The van der Waals surface area contributed by atoms with Gasteiger partial charge in [-0.2, -0.15) is 0 Å². The average Bonchev–Trinajstić information content (AvgIpc) is 3.10. The molecule has 1 aromatic heterocycles. The smallest absolute Gasteiger partial charge is 0.233 e. The molecule has 0 N–H and O–H groups in total. The molecule has 2 aliphatic rings. The highest BCUT2D eigenvalue weighted by Gasteiger charge is 2.44. The van der Waals surface area contributed by atoms with Gasteiger partial charge < -0.3 is 14.4 Å². The summed E-state index contributed by atoms with van der Waals surface area (Å²) < 4.78 is 25.6. The van der Waals surface area contributed by atoms with Crippen molar-refractivity contribution in [2.75, 3.05) is 39.5 Å². The van der Waals surface area contributed by atoms with E-state index < -0.39 is 5.41 Å². The van der Waals surface area contributed by atoms with E-state index in [1.807, 2.05) is 23.2 Å². The van der Waals surface area contributed by atoms with E-state index in [9.17, 15) is 9.18 Å². The van der Waals surface area contributed by atoms with Crippen LogP contribution in [-0.4, -0.2) is 55.3 Å². The second-order valence-electron chi connectivity index (χ2n) is 9.09. The number of ether oxygens (including phenoxy) is 2. The molecule has 2 aliphatic heterocycles. The molecule has 0 aliphatic carbocycles. The number of rotatable bonds is 4. The number of benzene rings is 2. The molecular formula is C27H29FN2O3. The molecule has 172 valence electrons. The fourth-order valence-corrected chi connectivity index (χ4v) is 5.27. The zero-order chi connectivity index (χ0) is 22.7. The van der Waals surface area contributed by atoms with Gasteiger partial charge >= 0.3 is 0 Å². The van der Waals surface area contributed by atoms with Crippen LogP contribution in [0.1, 0.15) is 24.0 Å². The van der Waals surface area contributed by atoms with Gasteiger partial charge in [-0.1, -0.05) is 36.4 Å². The maximum atomic E-state index is 14.1. The van der Waals surface area contributed by atoms with Crippen molar-refractivity contribution >= 4 is 16.8 Å². The number of pyridine rings is 1. The highest BCUT2D eigenvalue weighted by Crippen LogP contribution is 2.37. The minimum absolute atomic E-state index is 0.0583. The molecule has 1 amide bonds. The third kappa shape index (κ3) is 4.50. The van der Waals surface area contributed by atoms with Crippen molar-refractivity contribution in [3.05, 3.63) is 77.7 Å². The number of fused-ring (bicyclic) bond motifs is 1. The summed E-state index contributed by atoms with van der Waals surface area (Å²) in [5.41, 5.74) is 2.16. The van der Waals surface area contributed by atoms with Crippen LogP contribution < -0.4 is 0 Å². The summed E-state index contributed by atoms with van der Waals surface area (Å²) in [5, 5.41) is 1.12. The van der Waals surface area contributed by atoms with Crippen LogP contribution in [0.25, 0.3) is 10.9 Å². The van der Waals surface area contributed by atoms with Crippen LogP contribution in [0.5, 0.6) is 0 Å². The topological polar surface area (TPSA) is 51.7 Å². The molecule has 0 saturated carbocycles. The van der Waals surface area contributed by atoms with Crippen molar-refractivity contribution in [2.45, 2.75) is 24.7 Å². The van der Waals surface area contributed by atoms with Crippen LogP contribution in [0.3, 0.4) is 0 Å². The quantitative estimate of drug-likeness (QED) is 0.602. The highest BCUT2D eigenvalue weighted by atomic mass is 19.1. The van der Waals surface area contributed by atoms with Gasteiger partial charge in [-0.25, -0.2) is 4.39 Å². The number of carbonyl (C=O) groups is 1. The third-order valence-electron chi connectivity index (χ3n) is 6.98. The number of aromatic nitrogens is 1. The Bertz CT molecular complexity index is 1120. The van der Waals surface area contributed by atoms with Gasteiger partial charge in [0.25, 0.3) is 0 Å². The summed E-state index contributed by atoms with van der Waals surface area (Å²) in [6.45, 7) is 3.26. The Kier molecular flexibility index (Phi) is 6.38. The van der Waals surface area contributed by atoms with E-state index in [-0.39, 0.29) is 17.6 Å². The Morgan fingerprint density at radius 3 is 2.73 bits per heavy atom. The molecule has 2 aromatic carbocycles. The molecule has 1 atom stereocenters.